The third-order valence-corrected chi connectivity index (χ3v) is 3.29. The molecule has 0 atom stereocenters. The zero-order valence-electron chi connectivity index (χ0n) is 6.03. The molecule has 0 aliphatic heterocycles. The maximum absolute atomic E-state index is 10.3. The Morgan fingerprint density at radius 1 is 1.40 bits per heavy atom. The van der Waals surface area contributed by atoms with E-state index in [4.69, 9.17) is 5.11 Å². The Morgan fingerprint density at radius 2 is 1.70 bits per heavy atom. The molecule has 0 fully saturated rings. The van der Waals surface area contributed by atoms with Crippen LogP contribution in [0.25, 0.3) is 0 Å². The van der Waals surface area contributed by atoms with E-state index >= 15 is 0 Å². The van der Waals surface area contributed by atoms with Gasteiger partial charge in [0.25, 0.3) is 0 Å². The fourth-order valence-electron chi connectivity index (χ4n) is 0.637. The molecule has 1 N–H and O–H groups in total. The normalized spacial score (nSPS) is 13.7. The van der Waals surface area contributed by atoms with Crippen LogP contribution in [0.3, 0.4) is 0 Å². The molecule has 0 aliphatic carbocycles. The highest BCUT2D eigenvalue weighted by molar-refractivity contribution is 7.50. The SMILES string of the molecule is CCC(O)(CC)P(=O)([O-])[O-]. The van der Waals surface area contributed by atoms with Crippen LogP contribution in [0.1, 0.15) is 26.7 Å². The van der Waals surface area contributed by atoms with Gasteiger partial charge in [-0.2, -0.15) is 0 Å². The van der Waals surface area contributed by atoms with Gasteiger partial charge in [-0.25, -0.2) is 0 Å². The molecule has 5 heteroatoms. The monoisotopic (exact) mass is 166 g/mol. The fourth-order valence-corrected chi connectivity index (χ4v) is 1.41. The van der Waals surface area contributed by atoms with Gasteiger partial charge in [0, 0.05) is 0 Å². The average Bonchev–Trinajstić information content (AvgIpc) is 1.84. The fraction of sp³-hybridized carbons (Fsp3) is 1.00. The first-order chi connectivity index (χ1) is 4.37. The third kappa shape index (κ3) is 1.80. The Morgan fingerprint density at radius 3 is 1.70 bits per heavy atom. The quantitative estimate of drug-likeness (QED) is 0.568. The van der Waals surface area contributed by atoms with Gasteiger partial charge >= 0.3 is 0 Å². The van der Waals surface area contributed by atoms with Gasteiger partial charge in [-0.3, -0.25) is 0 Å². The van der Waals surface area contributed by atoms with Crippen LogP contribution in [-0.2, 0) is 4.57 Å². The summed E-state index contributed by atoms with van der Waals surface area (Å²) in [6.45, 7) is 2.93. The van der Waals surface area contributed by atoms with E-state index in [1.54, 1.807) is 0 Å². The van der Waals surface area contributed by atoms with Crippen LogP contribution >= 0.6 is 7.60 Å². The Bertz CT molecular complexity index is 146. The summed E-state index contributed by atoms with van der Waals surface area (Å²) in [4.78, 5) is 20.7. The highest BCUT2D eigenvalue weighted by Gasteiger charge is 2.25. The molecule has 0 aliphatic rings. The van der Waals surface area contributed by atoms with E-state index in [-0.39, 0.29) is 12.8 Å². The summed E-state index contributed by atoms with van der Waals surface area (Å²) in [6.07, 6.45) is -0.0957. The zero-order valence-corrected chi connectivity index (χ0v) is 6.93. The summed E-state index contributed by atoms with van der Waals surface area (Å²) < 4.78 is 10.3. The van der Waals surface area contributed by atoms with Crippen molar-refractivity contribution in [3.63, 3.8) is 0 Å². The molecule has 0 aromatic heterocycles. The largest absolute Gasteiger partial charge is 0.809 e. The van der Waals surface area contributed by atoms with Gasteiger partial charge in [0.2, 0.25) is 0 Å². The molecular weight excluding hydrogens is 155 g/mol. The van der Waals surface area contributed by atoms with Crippen molar-refractivity contribution in [1.29, 1.82) is 0 Å². The van der Waals surface area contributed by atoms with Crippen molar-refractivity contribution in [2.24, 2.45) is 0 Å². The van der Waals surface area contributed by atoms with Gasteiger partial charge in [0.1, 0.15) is 0 Å². The van der Waals surface area contributed by atoms with E-state index < -0.39 is 12.9 Å². The summed E-state index contributed by atoms with van der Waals surface area (Å²) in [5.74, 6) is 0. The van der Waals surface area contributed by atoms with Gasteiger partial charge < -0.3 is 19.5 Å². The summed E-state index contributed by atoms with van der Waals surface area (Å²) in [7, 11) is -4.83. The molecule has 0 radical (unpaired) electrons. The van der Waals surface area contributed by atoms with Crippen molar-refractivity contribution in [3.05, 3.63) is 0 Å². The van der Waals surface area contributed by atoms with Crippen molar-refractivity contribution >= 4 is 7.60 Å². The predicted molar refractivity (Wildman–Crippen MR) is 33.1 cm³/mol. The van der Waals surface area contributed by atoms with E-state index in [2.05, 4.69) is 0 Å². The van der Waals surface area contributed by atoms with Crippen LogP contribution < -0.4 is 9.79 Å². The Hall–Kier alpha value is 0.110. The van der Waals surface area contributed by atoms with Crippen LogP contribution in [0.15, 0.2) is 0 Å². The van der Waals surface area contributed by atoms with Gasteiger partial charge in [0.05, 0.1) is 5.34 Å². The maximum atomic E-state index is 10.3. The molecule has 0 aromatic rings. The first kappa shape index (κ1) is 10.1. The first-order valence-electron chi connectivity index (χ1n) is 3.12. The average molecular weight is 166 g/mol. The van der Waals surface area contributed by atoms with Crippen LogP contribution in [0.5, 0.6) is 0 Å². The smallest absolute Gasteiger partial charge is 0.0906 e. The zero-order chi connectivity index (χ0) is 8.41. The summed E-state index contributed by atoms with van der Waals surface area (Å²) in [6, 6.07) is 0. The molecule has 0 bridgehead atoms. The predicted octanol–water partition coefficient (Wildman–Crippen LogP) is -0.591. The van der Waals surface area contributed by atoms with Crippen molar-refractivity contribution < 1.29 is 19.5 Å². The standard InChI is InChI=1S/C5H13O4P/c1-3-5(6,4-2)10(7,8)9/h6H,3-4H2,1-2H3,(H2,7,8,9)/p-2. The summed E-state index contributed by atoms with van der Waals surface area (Å²) in [5.41, 5.74) is 0. The molecule has 0 saturated heterocycles. The Kier molecular flexibility index (Phi) is 3.04. The molecular formula is C5H11O4P-2. The molecule has 4 nitrogen and oxygen atoms in total. The highest BCUT2D eigenvalue weighted by atomic mass is 31.2. The molecule has 0 heterocycles. The lowest BCUT2D eigenvalue weighted by molar-refractivity contribution is -0.330. The van der Waals surface area contributed by atoms with Gasteiger partial charge in [-0.15, -0.1) is 0 Å². The maximum Gasteiger partial charge on any atom is 0.0906 e. The first-order valence-corrected chi connectivity index (χ1v) is 4.66. The topological polar surface area (TPSA) is 83.4 Å². The van der Waals surface area contributed by atoms with Gasteiger partial charge in [-0.1, -0.05) is 13.8 Å². The van der Waals surface area contributed by atoms with Crippen molar-refractivity contribution in [3.8, 4) is 0 Å². The molecule has 10 heavy (non-hydrogen) atoms. The molecule has 0 aromatic carbocycles. The number of hydrogen-bond acceptors (Lipinski definition) is 4. The highest BCUT2D eigenvalue weighted by Crippen LogP contribution is 2.44. The van der Waals surface area contributed by atoms with Crippen LogP contribution in [0.4, 0.5) is 0 Å². The Balaban J connectivity index is 4.50. The second-order valence-corrected chi connectivity index (χ2v) is 4.01. The lowest BCUT2D eigenvalue weighted by Gasteiger charge is -2.44. The molecule has 0 saturated carbocycles. The minimum atomic E-state index is -4.83. The van der Waals surface area contributed by atoms with Crippen LogP contribution in [-0.4, -0.2) is 10.4 Å². The number of hydrogen-bond donors (Lipinski definition) is 1. The Labute approximate surface area is 60.0 Å². The number of aliphatic hydroxyl groups is 1. The second-order valence-electron chi connectivity index (χ2n) is 2.19. The van der Waals surface area contributed by atoms with Crippen molar-refractivity contribution in [2.45, 2.75) is 32.0 Å². The molecule has 0 rings (SSSR count). The molecule has 62 valence electrons. The molecule has 0 amide bonds. The number of rotatable bonds is 3. The van der Waals surface area contributed by atoms with Gasteiger partial charge in [0.15, 0.2) is 0 Å². The van der Waals surface area contributed by atoms with E-state index in [9.17, 15) is 14.4 Å². The van der Waals surface area contributed by atoms with E-state index in [1.165, 1.54) is 13.8 Å². The van der Waals surface area contributed by atoms with Gasteiger partial charge in [-0.05, 0) is 20.4 Å². The van der Waals surface area contributed by atoms with E-state index in [0.29, 0.717) is 0 Å². The van der Waals surface area contributed by atoms with Crippen molar-refractivity contribution in [1.82, 2.24) is 0 Å². The lowest BCUT2D eigenvalue weighted by atomic mass is 10.2. The van der Waals surface area contributed by atoms with Crippen LogP contribution in [0.2, 0.25) is 0 Å². The lowest BCUT2D eigenvalue weighted by Crippen LogP contribution is -2.38. The minimum Gasteiger partial charge on any atom is -0.809 e. The van der Waals surface area contributed by atoms with E-state index in [0.717, 1.165) is 0 Å². The molecule has 0 unspecified atom stereocenters. The minimum absolute atomic E-state index is 0.0478. The van der Waals surface area contributed by atoms with Crippen LogP contribution in [0, 0.1) is 0 Å². The van der Waals surface area contributed by atoms with E-state index in [1.807, 2.05) is 0 Å². The summed E-state index contributed by atoms with van der Waals surface area (Å²) >= 11 is 0. The molecule has 0 spiro atoms. The second kappa shape index (κ2) is 3.01. The van der Waals surface area contributed by atoms with Crippen molar-refractivity contribution in [2.75, 3.05) is 0 Å². The summed E-state index contributed by atoms with van der Waals surface area (Å²) in [5, 5.41) is 7.04. The third-order valence-electron chi connectivity index (χ3n) is 1.64.